The van der Waals surface area contributed by atoms with Crippen molar-refractivity contribution < 1.29 is 13.2 Å². The second kappa shape index (κ2) is 5.11. The van der Waals surface area contributed by atoms with E-state index in [4.69, 9.17) is 0 Å². The van der Waals surface area contributed by atoms with E-state index in [2.05, 4.69) is 20.8 Å². The molecule has 0 fully saturated rings. The third kappa shape index (κ3) is 3.55. The molecule has 0 atom stereocenters. The number of H-pyrrole nitrogens is 1. The summed E-state index contributed by atoms with van der Waals surface area (Å²) in [6, 6.07) is 5.47. The molecular formula is C11H12N4O3S. The van der Waals surface area contributed by atoms with E-state index in [1.807, 2.05) is 0 Å². The number of hydrogen-bond donors (Lipinski definition) is 3. The van der Waals surface area contributed by atoms with E-state index in [9.17, 15) is 13.2 Å². The minimum Gasteiger partial charge on any atom is -0.308 e. The molecule has 100 valence electrons. The molecule has 2 rings (SSSR count). The van der Waals surface area contributed by atoms with Crippen LogP contribution in [0.25, 0.3) is 0 Å². The van der Waals surface area contributed by atoms with Gasteiger partial charge in [-0.3, -0.25) is 5.10 Å². The van der Waals surface area contributed by atoms with E-state index in [0.717, 1.165) is 6.26 Å². The van der Waals surface area contributed by atoms with Gasteiger partial charge < -0.3 is 10.6 Å². The Kier molecular flexibility index (Phi) is 3.52. The van der Waals surface area contributed by atoms with Crippen molar-refractivity contribution in [2.45, 2.75) is 4.90 Å². The summed E-state index contributed by atoms with van der Waals surface area (Å²) in [7, 11) is -3.23. The van der Waals surface area contributed by atoms with Gasteiger partial charge in [-0.1, -0.05) is 0 Å². The average molecular weight is 280 g/mol. The molecule has 8 heteroatoms. The Morgan fingerprint density at radius 3 is 2.32 bits per heavy atom. The summed E-state index contributed by atoms with van der Waals surface area (Å²) >= 11 is 0. The maximum absolute atomic E-state index is 11.6. The molecule has 7 nitrogen and oxygen atoms in total. The molecule has 0 saturated heterocycles. The molecular weight excluding hydrogens is 268 g/mol. The summed E-state index contributed by atoms with van der Waals surface area (Å²) in [4.78, 5) is 11.8. The highest BCUT2D eigenvalue weighted by molar-refractivity contribution is 7.90. The van der Waals surface area contributed by atoms with Crippen LogP contribution in [0, 0.1) is 0 Å². The molecule has 1 heterocycles. The van der Waals surface area contributed by atoms with Crippen molar-refractivity contribution in [2.24, 2.45) is 0 Å². The first kappa shape index (κ1) is 13.1. The van der Waals surface area contributed by atoms with Gasteiger partial charge in [-0.15, -0.1) is 0 Å². The Hall–Kier alpha value is -2.35. The van der Waals surface area contributed by atoms with E-state index >= 15 is 0 Å². The quantitative estimate of drug-likeness (QED) is 0.791. The molecule has 3 N–H and O–H groups in total. The topological polar surface area (TPSA) is 104 Å². The molecule has 2 aromatic rings. The SMILES string of the molecule is CS(=O)(=O)c1ccc(NC(=O)Nc2cn[nH]c2)cc1. The number of benzene rings is 1. The van der Waals surface area contributed by atoms with Crippen LogP contribution in [0.3, 0.4) is 0 Å². The van der Waals surface area contributed by atoms with Crippen LogP contribution in [-0.4, -0.2) is 30.9 Å². The second-order valence-electron chi connectivity index (χ2n) is 3.86. The van der Waals surface area contributed by atoms with Gasteiger partial charge in [0.15, 0.2) is 9.84 Å². The van der Waals surface area contributed by atoms with Crippen molar-refractivity contribution in [1.29, 1.82) is 0 Å². The van der Waals surface area contributed by atoms with Gasteiger partial charge in [0.05, 0.1) is 16.8 Å². The lowest BCUT2D eigenvalue weighted by molar-refractivity contribution is 0.262. The van der Waals surface area contributed by atoms with Crippen molar-refractivity contribution in [3.63, 3.8) is 0 Å². The third-order valence-corrected chi connectivity index (χ3v) is 3.42. The van der Waals surface area contributed by atoms with E-state index in [0.29, 0.717) is 11.4 Å². The number of carbonyl (C=O) groups excluding carboxylic acids is 1. The smallest absolute Gasteiger partial charge is 0.308 e. The fourth-order valence-corrected chi connectivity index (χ4v) is 2.03. The summed E-state index contributed by atoms with van der Waals surface area (Å²) in [6.45, 7) is 0. The molecule has 0 bridgehead atoms. The Morgan fingerprint density at radius 1 is 1.16 bits per heavy atom. The number of aromatic amines is 1. The number of carbonyl (C=O) groups is 1. The number of aromatic nitrogens is 2. The Labute approximate surface area is 110 Å². The number of nitrogens with zero attached hydrogens (tertiary/aromatic N) is 1. The summed E-state index contributed by atoms with van der Waals surface area (Å²) in [5, 5.41) is 11.4. The fraction of sp³-hybridized carbons (Fsp3) is 0.0909. The molecule has 0 aliphatic carbocycles. The van der Waals surface area contributed by atoms with Crippen molar-refractivity contribution in [3.8, 4) is 0 Å². The van der Waals surface area contributed by atoms with E-state index in [1.54, 1.807) is 0 Å². The molecule has 0 saturated carbocycles. The maximum atomic E-state index is 11.6. The predicted molar refractivity (Wildman–Crippen MR) is 70.8 cm³/mol. The lowest BCUT2D eigenvalue weighted by atomic mass is 10.3. The zero-order valence-electron chi connectivity index (χ0n) is 10.0. The van der Waals surface area contributed by atoms with Gasteiger partial charge in [-0.25, -0.2) is 13.2 Å². The normalized spacial score (nSPS) is 11.0. The van der Waals surface area contributed by atoms with Crippen LogP contribution in [0.5, 0.6) is 0 Å². The zero-order valence-corrected chi connectivity index (χ0v) is 10.9. The highest BCUT2D eigenvalue weighted by Gasteiger charge is 2.07. The first-order valence-electron chi connectivity index (χ1n) is 5.32. The van der Waals surface area contributed by atoms with Gasteiger partial charge in [-0.05, 0) is 24.3 Å². The predicted octanol–water partition coefficient (Wildman–Crippen LogP) is 1.46. The molecule has 0 spiro atoms. The van der Waals surface area contributed by atoms with Crippen molar-refractivity contribution in [1.82, 2.24) is 10.2 Å². The summed E-state index contributed by atoms with van der Waals surface area (Å²) < 4.78 is 22.5. The van der Waals surface area contributed by atoms with Crippen molar-refractivity contribution in [3.05, 3.63) is 36.7 Å². The molecule has 2 amide bonds. The summed E-state index contributed by atoms with van der Waals surface area (Å²) in [5.41, 5.74) is 1.03. The Balaban J connectivity index is 2.02. The van der Waals surface area contributed by atoms with Gasteiger partial charge in [0.2, 0.25) is 0 Å². The largest absolute Gasteiger partial charge is 0.323 e. The number of hydrogen-bond acceptors (Lipinski definition) is 4. The lowest BCUT2D eigenvalue weighted by Gasteiger charge is -2.06. The standard InChI is InChI=1S/C11H12N4O3S/c1-19(17,18)10-4-2-8(3-5-10)14-11(16)15-9-6-12-13-7-9/h2-7H,1H3,(H,12,13)(H2,14,15,16). The van der Waals surface area contributed by atoms with E-state index in [-0.39, 0.29) is 4.90 Å². The first-order chi connectivity index (χ1) is 8.95. The highest BCUT2D eigenvalue weighted by atomic mass is 32.2. The van der Waals surface area contributed by atoms with Gasteiger partial charge in [0, 0.05) is 18.1 Å². The second-order valence-corrected chi connectivity index (χ2v) is 5.88. The lowest BCUT2D eigenvalue weighted by Crippen LogP contribution is -2.19. The van der Waals surface area contributed by atoms with Crippen LogP contribution in [0.15, 0.2) is 41.6 Å². The van der Waals surface area contributed by atoms with Crippen LogP contribution in [0.1, 0.15) is 0 Å². The Morgan fingerprint density at radius 2 is 1.79 bits per heavy atom. The molecule has 1 aromatic carbocycles. The van der Waals surface area contributed by atoms with Crippen molar-refractivity contribution in [2.75, 3.05) is 16.9 Å². The molecule has 1 aromatic heterocycles. The van der Waals surface area contributed by atoms with Gasteiger partial charge in [0.1, 0.15) is 0 Å². The number of rotatable bonds is 3. The van der Waals surface area contributed by atoms with Crippen LogP contribution in [-0.2, 0) is 9.84 Å². The van der Waals surface area contributed by atoms with Gasteiger partial charge >= 0.3 is 6.03 Å². The van der Waals surface area contributed by atoms with Crippen LogP contribution in [0.4, 0.5) is 16.2 Å². The summed E-state index contributed by atoms with van der Waals surface area (Å²) in [6.07, 6.45) is 4.12. The number of urea groups is 1. The van der Waals surface area contributed by atoms with Crippen LogP contribution < -0.4 is 10.6 Å². The van der Waals surface area contributed by atoms with Crippen molar-refractivity contribution >= 4 is 27.2 Å². The van der Waals surface area contributed by atoms with E-state index < -0.39 is 15.9 Å². The molecule has 0 unspecified atom stereocenters. The number of nitrogens with one attached hydrogen (secondary N) is 3. The number of sulfone groups is 1. The maximum Gasteiger partial charge on any atom is 0.323 e. The minimum atomic E-state index is -3.23. The minimum absolute atomic E-state index is 0.202. The fourth-order valence-electron chi connectivity index (χ4n) is 1.40. The zero-order chi connectivity index (χ0) is 13.9. The van der Waals surface area contributed by atoms with Gasteiger partial charge in [-0.2, -0.15) is 5.10 Å². The average Bonchev–Trinajstić information content (AvgIpc) is 2.81. The molecule has 0 aliphatic rings. The molecule has 19 heavy (non-hydrogen) atoms. The van der Waals surface area contributed by atoms with Gasteiger partial charge in [0.25, 0.3) is 0 Å². The van der Waals surface area contributed by atoms with Crippen LogP contribution >= 0.6 is 0 Å². The first-order valence-corrected chi connectivity index (χ1v) is 7.21. The monoisotopic (exact) mass is 280 g/mol. The molecule has 0 aliphatic heterocycles. The molecule has 0 radical (unpaired) electrons. The number of amides is 2. The number of anilines is 2. The Bertz CT molecular complexity index is 662. The van der Waals surface area contributed by atoms with Crippen LogP contribution in [0.2, 0.25) is 0 Å². The third-order valence-electron chi connectivity index (χ3n) is 2.30. The summed E-state index contributed by atoms with van der Waals surface area (Å²) in [5.74, 6) is 0. The highest BCUT2D eigenvalue weighted by Crippen LogP contribution is 2.14. The van der Waals surface area contributed by atoms with E-state index in [1.165, 1.54) is 36.7 Å².